The highest BCUT2D eigenvalue weighted by molar-refractivity contribution is 5.87. The summed E-state index contributed by atoms with van der Waals surface area (Å²) in [5, 5.41) is 11.0. The van der Waals surface area contributed by atoms with Gasteiger partial charge in [0.2, 0.25) is 0 Å². The van der Waals surface area contributed by atoms with E-state index < -0.39 is 10.9 Å². The Balaban J connectivity index is 1.72. The molecule has 136 valence electrons. The predicted octanol–water partition coefficient (Wildman–Crippen LogP) is 2.67. The number of carbonyl (C=O) groups is 1. The van der Waals surface area contributed by atoms with Crippen LogP contribution in [0.25, 0.3) is 11.7 Å². The van der Waals surface area contributed by atoms with Gasteiger partial charge in [0.15, 0.2) is 0 Å². The maximum absolute atomic E-state index is 12.2. The molecule has 0 saturated heterocycles. The summed E-state index contributed by atoms with van der Waals surface area (Å²) in [6.07, 6.45) is 2.41. The Morgan fingerprint density at radius 2 is 2.04 bits per heavy atom. The van der Waals surface area contributed by atoms with Crippen molar-refractivity contribution in [1.29, 1.82) is 0 Å². The van der Waals surface area contributed by atoms with Crippen LogP contribution >= 0.6 is 0 Å². The van der Waals surface area contributed by atoms with Gasteiger partial charge in [0.1, 0.15) is 12.3 Å². The lowest BCUT2D eigenvalue weighted by Gasteiger charge is -2.06. The van der Waals surface area contributed by atoms with Crippen molar-refractivity contribution in [3.05, 3.63) is 92.0 Å². The van der Waals surface area contributed by atoms with Crippen LogP contribution in [0.15, 0.2) is 59.4 Å². The van der Waals surface area contributed by atoms with E-state index in [2.05, 4.69) is 4.98 Å². The molecule has 0 aliphatic carbocycles. The highest BCUT2D eigenvalue weighted by atomic mass is 16.6. The van der Waals surface area contributed by atoms with Crippen molar-refractivity contribution in [1.82, 2.24) is 9.38 Å². The first-order valence-electron chi connectivity index (χ1n) is 8.02. The third kappa shape index (κ3) is 4.06. The van der Waals surface area contributed by atoms with Gasteiger partial charge in [0.25, 0.3) is 11.2 Å². The van der Waals surface area contributed by atoms with Gasteiger partial charge in [0, 0.05) is 23.9 Å². The molecule has 0 aliphatic rings. The third-order valence-electron chi connectivity index (χ3n) is 3.83. The molecule has 0 radical (unpaired) electrons. The molecule has 0 bridgehead atoms. The summed E-state index contributed by atoms with van der Waals surface area (Å²) in [7, 11) is 0. The lowest BCUT2D eigenvalue weighted by Crippen LogP contribution is -2.18. The number of ether oxygens (including phenoxy) is 1. The fraction of sp³-hybridized carbons (Fsp3) is 0.105. The Labute approximate surface area is 153 Å². The van der Waals surface area contributed by atoms with Gasteiger partial charge in [-0.2, -0.15) is 0 Å². The van der Waals surface area contributed by atoms with Crippen LogP contribution in [0.4, 0.5) is 5.69 Å². The minimum atomic E-state index is -0.695. The fourth-order valence-corrected chi connectivity index (χ4v) is 2.58. The van der Waals surface area contributed by atoms with Gasteiger partial charge in [-0.25, -0.2) is 9.78 Å². The van der Waals surface area contributed by atoms with Crippen LogP contribution in [0.1, 0.15) is 17.0 Å². The number of carbonyl (C=O) groups excluding carboxylic acids is 1. The molecule has 2 aromatic heterocycles. The summed E-state index contributed by atoms with van der Waals surface area (Å²) >= 11 is 0. The van der Waals surface area contributed by atoms with Crippen LogP contribution in [0.3, 0.4) is 0 Å². The van der Waals surface area contributed by atoms with Crippen molar-refractivity contribution >= 4 is 23.4 Å². The molecule has 0 amide bonds. The van der Waals surface area contributed by atoms with E-state index in [1.807, 2.05) is 0 Å². The highest BCUT2D eigenvalue weighted by Crippen LogP contribution is 2.18. The molecule has 3 rings (SSSR count). The second kappa shape index (κ2) is 7.61. The second-order valence-electron chi connectivity index (χ2n) is 5.70. The van der Waals surface area contributed by atoms with E-state index >= 15 is 0 Å². The van der Waals surface area contributed by atoms with E-state index in [0.29, 0.717) is 11.3 Å². The molecule has 0 saturated carbocycles. The van der Waals surface area contributed by atoms with Crippen LogP contribution in [0, 0.1) is 17.0 Å². The second-order valence-corrected chi connectivity index (χ2v) is 5.70. The standard InChI is InChI=1S/C19H15N3O5/c1-13-5-4-8-17-20-15(11-18(23)21(13)17)12-27-19(24)10-9-14-6-2-3-7-16(14)22(25)26/h2-11H,12H2,1H3/b10-9+. The Morgan fingerprint density at radius 1 is 1.26 bits per heavy atom. The zero-order valence-electron chi connectivity index (χ0n) is 14.4. The first-order valence-corrected chi connectivity index (χ1v) is 8.02. The van der Waals surface area contributed by atoms with Crippen LogP contribution in [0.5, 0.6) is 0 Å². The summed E-state index contributed by atoms with van der Waals surface area (Å²) in [6, 6.07) is 12.6. The largest absolute Gasteiger partial charge is 0.456 e. The molecule has 8 nitrogen and oxygen atoms in total. The van der Waals surface area contributed by atoms with Crippen molar-refractivity contribution < 1.29 is 14.5 Å². The molecule has 0 unspecified atom stereocenters. The van der Waals surface area contributed by atoms with Gasteiger partial charge in [-0.15, -0.1) is 0 Å². The number of pyridine rings is 1. The first-order chi connectivity index (χ1) is 13.0. The molecule has 2 heterocycles. The number of hydrogen-bond acceptors (Lipinski definition) is 6. The van der Waals surface area contributed by atoms with Gasteiger partial charge >= 0.3 is 5.97 Å². The molecule has 1 aromatic carbocycles. The molecule has 0 aliphatic heterocycles. The number of nitro benzene ring substituents is 1. The third-order valence-corrected chi connectivity index (χ3v) is 3.83. The average molecular weight is 365 g/mol. The number of aromatic nitrogens is 2. The quantitative estimate of drug-likeness (QED) is 0.298. The summed E-state index contributed by atoms with van der Waals surface area (Å²) in [5.74, 6) is -0.695. The van der Waals surface area contributed by atoms with E-state index in [-0.39, 0.29) is 23.4 Å². The zero-order chi connectivity index (χ0) is 19.4. The Bertz CT molecular complexity index is 1120. The van der Waals surface area contributed by atoms with Gasteiger partial charge in [-0.05, 0) is 31.2 Å². The molecule has 8 heteroatoms. The number of rotatable bonds is 5. The molecule has 0 fully saturated rings. The van der Waals surface area contributed by atoms with Crippen molar-refractivity contribution in [2.75, 3.05) is 0 Å². The van der Waals surface area contributed by atoms with Crippen LogP contribution < -0.4 is 5.56 Å². The molecule has 27 heavy (non-hydrogen) atoms. The van der Waals surface area contributed by atoms with E-state index in [0.717, 1.165) is 11.8 Å². The first kappa shape index (κ1) is 18.0. The summed E-state index contributed by atoms with van der Waals surface area (Å²) in [6.45, 7) is 1.61. The van der Waals surface area contributed by atoms with Gasteiger partial charge < -0.3 is 4.74 Å². The minimum absolute atomic E-state index is 0.110. The van der Waals surface area contributed by atoms with Crippen molar-refractivity contribution in [3.8, 4) is 0 Å². The summed E-state index contributed by atoms with van der Waals surface area (Å²) < 4.78 is 6.54. The molecular weight excluding hydrogens is 350 g/mol. The molecule has 0 spiro atoms. The van der Waals surface area contributed by atoms with E-state index in [4.69, 9.17) is 4.74 Å². The SMILES string of the molecule is Cc1cccc2nc(COC(=O)/C=C/c3ccccc3[N+](=O)[O-])cc(=O)n12. The number of esters is 1. The number of fused-ring (bicyclic) bond motifs is 1. The van der Waals surface area contributed by atoms with Crippen LogP contribution in [-0.4, -0.2) is 20.3 Å². The normalized spacial score (nSPS) is 11.0. The van der Waals surface area contributed by atoms with Crippen molar-refractivity contribution in [3.63, 3.8) is 0 Å². The topological polar surface area (TPSA) is 104 Å². The molecular formula is C19H15N3O5. The van der Waals surface area contributed by atoms with E-state index in [9.17, 15) is 19.7 Å². The van der Waals surface area contributed by atoms with Gasteiger partial charge in [0.05, 0.1) is 16.2 Å². The summed E-state index contributed by atoms with van der Waals surface area (Å²) in [5.41, 5.74) is 1.45. The Morgan fingerprint density at radius 3 is 2.81 bits per heavy atom. The zero-order valence-corrected chi connectivity index (χ0v) is 14.4. The maximum atomic E-state index is 12.2. The highest BCUT2D eigenvalue weighted by Gasteiger charge is 2.10. The average Bonchev–Trinajstić information content (AvgIpc) is 2.64. The molecule has 3 aromatic rings. The number of nitro groups is 1. The lowest BCUT2D eigenvalue weighted by atomic mass is 10.1. The van der Waals surface area contributed by atoms with Gasteiger partial charge in [-0.3, -0.25) is 19.3 Å². The number of para-hydroxylation sites is 1. The van der Waals surface area contributed by atoms with Crippen molar-refractivity contribution in [2.24, 2.45) is 0 Å². The summed E-state index contributed by atoms with van der Waals surface area (Å²) in [4.78, 5) is 38.8. The minimum Gasteiger partial charge on any atom is -0.456 e. The van der Waals surface area contributed by atoms with Crippen LogP contribution in [0.2, 0.25) is 0 Å². The monoisotopic (exact) mass is 365 g/mol. The Kier molecular flexibility index (Phi) is 5.07. The predicted molar refractivity (Wildman–Crippen MR) is 98.1 cm³/mol. The number of aryl methyl sites for hydroxylation is 1. The molecule has 0 atom stereocenters. The number of hydrogen-bond donors (Lipinski definition) is 0. The van der Waals surface area contributed by atoms with Gasteiger partial charge in [-0.1, -0.05) is 18.2 Å². The maximum Gasteiger partial charge on any atom is 0.331 e. The molecule has 0 N–H and O–H groups in total. The Hall–Kier alpha value is -3.81. The van der Waals surface area contributed by atoms with Crippen molar-refractivity contribution in [2.45, 2.75) is 13.5 Å². The smallest absolute Gasteiger partial charge is 0.331 e. The van der Waals surface area contributed by atoms with E-state index in [1.54, 1.807) is 37.3 Å². The lowest BCUT2D eigenvalue weighted by molar-refractivity contribution is -0.385. The fourth-order valence-electron chi connectivity index (χ4n) is 2.58. The number of nitrogens with zero attached hydrogens (tertiary/aromatic N) is 3. The van der Waals surface area contributed by atoms with Crippen LogP contribution in [-0.2, 0) is 16.1 Å². The van der Waals surface area contributed by atoms with E-state index in [1.165, 1.54) is 28.7 Å². The number of benzene rings is 1.